The second-order valence-electron chi connectivity index (χ2n) is 4.42. The van der Waals surface area contributed by atoms with Gasteiger partial charge in [-0.2, -0.15) is 0 Å². The van der Waals surface area contributed by atoms with Gasteiger partial charge in [-0.1, -0.05) is 6.07 Å². The van der Waals surface area contributed by atoms with Crippen LogP contribution in [0.1, 0.15) is 10.6 Å². The van der Waals surface area contributed by atoms with E-state index >= 15 is 0 Å². The number of sulfonamides is 1. The number of nitrogens with two attached hydrogens (primary N) is 1. The maximum atomic E-state index is 11.9. The van der Waals surface area contributed by atoms with E-state index in [9.17, 15) is 8.42 Å². The summed E-state index contributed by atoms with van der Waals surface area (Å²) in [5.74, 6) is 0.447. The van der Waals surface area contributed by atoms with Gasteiger partial charge in [0.15, 0.2) is 0 Å². The van der Waals surface area contributed by atoms with E-state index in [1.807, 2.05) is 6.92 Å². The van der Waals surface area contributed by atoms with E-state index in [2.05, 4.69) is 9.71 Å². The number of nitrogen functional groups attached to an aromatic ring is 1. The Morgan fingerprint density at radius 2 is 2.24 bits per heavy atom. The van der Waals surface area contributed by atoms with E-state index in [4.69, 9.17) is 10.5 Å². The van der Waals surface area contributed by atoms with E-state index in [0.29, 0.717) is 11.4 Å². The molecule has 0 saturated heterocycles. The SMILES string of the molecule is Cc1ncsc1CNS(=O)(=O)CCOc1cccc(N)c1. The van der Waals surface area contributed by atoms with Crippen molar-refractivity contribution < 1.29 is 13.2 Å². The third-order valence-corrected chi connectivity index (χ3v) is 5.00. The van der Waals surface area contributed by atoms with Crippen LogP contribution in [0.25, 0.3) is 0 Å². The summed E-state index contributed by atoms with van der Waals surface area (Å²) < 4.78 is 31.6. The Bertz CT molecular complexity index is 698. The quantitative estimate of drug-likeness (QED) is 0.752. The summed E-state index contributed by atoms with van der Waals surface area (Å²) in [4.78, 5) is 4.99. The maximum Gasteiger partial charge on any atom is 0.215 e. The van der Waals surface area contributed by atoms with Gasteiger partial charge >= 0.3 is 0 Å². The Labute approximate surface area is 128 Å². The van der Waals surface area contributed by atoms with Crippen LogP contribution >= 0.6 is 11.3 Å². The molecule has 1 aromatic heterocycles. The summed E-state index contributed by atoms with van der Waals surface area (Å²) in [6.45, 7) is 2.18. The highest BCUT2D eigenvalue weighted by atomic mass is 32.2. The molecule has 0 bridgehead atoms. The molecule has 1 heterocycles. The van der Waals surface area contributed by atoms with Crippen molar-refractivity contribution >= 4 is 27.0 Å². The van der Waals surface area contributed by atoms with Crippen LogP contribution in [0.3, 0.4) is 0 Å². The van der Waals surface area contributed by atoms with Crippen LogP contribution < -0.4 is 15.2 Å². The average Bonchev–Trinajstić information content (AvgIpc) is 2.82. The van der Waals surface area contributed by atoms with Gasteiger partial charge in [-0.25, -0.2) is 18.1 Å². The second kappa shape index (κ2) is 6.88. The smallest absolute Gasteiger partial charge is 0.215 e. The normalized spacial score (nSPS) is 11.5. The molecule has 0 fully saturated rings. The number of rotatable bonds is 7. The molecule has 21 heavy (non-hydrogen) atoms. The monoisotopic (exact) mass is 327 g/mol. The molecule has 2 aromatic rings. The molecule has 6 nitrogen and oxygen atoms in total. The van der Waals surface area contributed by atoms with Crippen molar-refractivity contribution in [3.63, 3.8) is 0 Å². The summed E-state index contributed by atoms with van der Waals surface area (Å²) in [6, 6.07) is 6.88. The number of hydrogen-bond donors (Lipinski definition) is 2. The lowest BCUT2D eigenvalue weighted by molar-refractivity contribution is 0.340. The largest absolute Gasteiger partial charge is 0.492 e. The molecule has 0 amide bonds. The summed E-state index contributed by atoms with van der Waals surface area (Å²) in [6.07, 6.45) is 0. The van der Waals surface area contributed by atoms with Gasteiger partial charge < -0.3 is 10.5 Å². The van der Waals surface area contributed by atoms with Crippen molar-refractivity contribution in [1.29, 1.82) is 0 Å². The third-order valence-electron chi connectivity index (χ3n) is 2.78. The van der Waals surface area contributed by atoms with Crippen molar-refractivity contribution in [2.45, 2.75) is 13.5 Å². The number of anilines is 1. The molecule has 0 unspecified atom stereocenters. The van der Waals surface area contributed by atoms with Gasteiger partial charge in [0.05, 0.1) is 17.0 Å². The fourth-order valence-electron chi connectivity index (χ4n) is 1.62. The van der Waals surface area contributed by atoms with E-state index in [0.717, 1.165) is 10.6 Å². The number of aromatic nitrogens is 1. The molecule has 0 atom stereocenters. The summed E-state index contributed by atoms with van der Waals surface area (Å²) >= 11 is 1.43. The van der Waals surface area contributed by atoms with E-state index in [1.54, 1.807) is 29.8 Å². The molecule has 114 valence electrons. The zero-order chi connectivity index (χ0) is 15.3. The molecular formula is C13H17N3O3S2. The minimum absolute atomic E-state index is 0.0699. The zero-order valence-corrected chi connectivity index (χ0v) is 13.2. The minimum Gasteiger partial charge on any atom is -0.492 e. The second-order valence-corrected chi connectivity index (χ2v) is 7.29. The molecule has 3 N–H and O–H groups in total. The number of hydrogen-bond acceptors (Lipinski definition) is 6. The van der Waals surface area contributed by atoms with Crippen LogP contribution in [0.4, 0.5) is 5.69 Å². The molecular weight excluding hydrogens is 310 g/mol. The molecule has 0 aliphatic rings. The van der Waals surface area contributed by atoms with Gasteiger partial charge in [-0.3, -0.25) is 0 Å². The Balaban J connectivity index is 1.80. The highest BCUT2D eigenvalue weighted by molar-refractivity contribution is 7.89. The van der Waals surface area contributed by atoms with Crippen molar-refractivity contribution in [2.24, 2.45) is 0 Å². The van der Waals surface area contributed by atoms with E-state index in [1.165, 1.54) is 11.3 Å². The van der Waals surface area contributed by atoms with Gasteiger partial charge in [0.2, 0.25) is 10.0 Å². The number of nitrogens with zero attached hydrogens (tertiary/aromatic N) is 1. The van der Waals surface area contributed by atoms with Crippen LogP contribution in [0, 0.1) is 6.92 Å². The molecule has 0 aliphatic heterocycles. The first-order valence-electron chi connectivity index (χ1n) is 6.31. The highest BCUT2D eigenvalue weighted by Gasteiger charge is 2.12. The first-order valence-corrected chi connectivity index (χ1v) is 8.84. The molecule has 2 rings (SSSR count). The van der Waals surface area contributed by atoms with Gasteiger partial charge in [-0.15, -0.1) is 11.3 Å². The van der Waals surface area contributed by atoms with Crippen LogP contribution in [0.2, 0.25) is 0 Å². The predicted octanol–water partition coefficient (Wildman–Crippen LogP) is 1.53. The van der Waals surface area contributed by atoms with Crippen LogP contribution in [-0.2, 0) is 16.6 Å². The van der Waals surface area contributed by atoms with Gasteiger partial charge in [0.25, 0.3) is 0 Å². The molecule has 0 saturated carbocycles. The lowest BCUT2D eigenvalue weighted by atomic mass is 10.3. The maximum absolute atomic E-state index is 11.9. The van der Waals surface area contributed by atoms with E-state index in [-0.39, 0.29) is 18.9 Å². The van der Waals surface area contributed by atoms with Crippen LogP contribution in [0.5, 0.6) is 5.75 Å². The van der Waals surface area contributed by atoms with Gasteiger partial charge in [0, 0.05) is 23.2 Å². The van der Waals surface area contributed by atoms with Crippen LogP contribution in [-0.4, -0.2) is 25.8 Å². The molecule has 0 spiro atoms. The fraction of sp³-hybridized carbons (Fsp3) is 0.308. The van der Waals surface area contributed by atoms with Gasteiger partial charge in [-0.05, 0) is 19.1 Å². The highest BCUT2D eigenvalue weighted by Crippen LogP contribution is 2.14. The van der Waals surface area contributed by atoms with Gasteiger partial charge in [0.1, 0.15) is 12.4 Å². The number of ether oxygens (including phenoxy) is 1. The fourth-order valence-corrected chi connectivity index (χ4v) is 3.24. The molecule has 1 aromatic carbocycles. The molecule has 0 aliphatic carbocycles. The van der Waals surface area contributed by atoms with Crippen molar-refractivity contribution in [3.8, 4) is 5.75 Å². The topological polar surface area (TPSA) is 94.3 Å². The summed E-state index contributed by atoms with van der Waals surface area (Å²) in [5, 5.41) is 0. The number of thiazole rings is 1. The Kier molecular flexibility index (Phi) is 5.16. The molecule has 8 heteroatoms. The average molecular weight is 327 g/mol. The number of benzene rings is 1. The van der Waals surface area contributed by atoms with Crippen molar-refractivity contribution in [1.82, 2.24) is 9.71 Å². The summed E-state index contributed by atoms with van der Waals surface area (Å²) in [7, 11) is -3.38. The number of nitrogens with one attached hydrogen (secondary N) is 1. The summed E-state index contributed by atoms with van der Waals surface area (Å²) in [5.41, 5.74) is 8.74. The first-order chi connectivity index (χ1) is 9.96. The Morgan fingerprint density at radius 1 is 1.43 bits per heavy atom. The Morgan fingerprint density at radius 3 is 2.90 bits per heavy atom. The lowest BCUT2D eigenvalue weighted by Crippen LogP contribution is -2.28. The lowest BCUT2D eigenvalue weighted by Gasteiger charge is -2.08. The van der Waals surface area contributed by atoms with Crippen molar-refractivity contribution in [2.75, 3.05) is 18.1 Å². The third kappa shape index (κ3) is 5.00. The zero-order valence-electron chi connectivity index (χ0n) is 11.6. The number of aryl methyl sites for hydroxylation is 1. The Hall–Kier alpha value is -1.64. The van der Waals surface area contributed by atoms with E-state index < -0.39 is 10.0 Å². The minimum atomic E-state index is -3.38. The predicted molar refractivity (Wildman–Crippen MR) is 83.8 cm³/mol. The first kappa shape index (κ1) is 15.7. The molecule has 0 radical (unpaired) electrons. The van der Waals surface area contributed by atoms with Crippen LogP contribution in [0.15, 0.2) is 29.8 Å². The standard InChI is InChI=1S/C13H17N3O3S2/c1-10-13(20-9-15-10)8-16-21(17,18)6-5-19-12-4-2-3-11(14)7-12/h2-4,7,9,16H,5-6,8,14H2,1H3. The van der Waals surface area contributed by atoms with Crippen molar-refractivity contribution in [3.05, 3.63) is 40.3 Å².